The molecule has 0 bridgehead atoms. The molecule has 0 aliphatic rings. The molecule has 2 aromatic heterocycles. The van der Waals surface area contributed by atoms with Gasteiger partial charge in [-0.2, -0.15) is 9.78 Å². The molecular weight excluding hydrogens is 326 g/mol. The number of nitrogens with zero attached hydrogens (tertiary/aromatic N) is 4. The lowest BCUT2D eigenvalue weighted by Crippen LogP contribution is -2.30. The van der Waals surface area contributed by atoms with Crippen molar-refractivity contribution in [1.29, 1.82) is 0 Å². The average Bonchev–Trinajstić information content (AvgIpc) is 3.09. The average molecular weight is 338 g/mol. The lowest BCUT2D eigenvalue weighted by Gasteiger charge is -2.19. The zero-order valence-electron chi connectivity index (χ0n) is 12.4. The molecule has 2 heterocycles. The number of aromatic nitrogens is 5. The van der Waals surface area contributed by atoms with Gasteiger partial charge in [0.1, 0.15) is 11.6 Å². The number of H-pyrrole nitrogens is 1. The van der Waals surface area contributed by atoms with Crippen LogP contribution in [-0.2, 0) is 0 Å². The van der Waals surface area contributed by atoms with Crippen LogP contribution >= 0.6 is 11.6 Å². The Morgan fingerprint density at radius 1 is 1.00 bits per heavy atom. The molecule has 24 heavy (non-hydrogen) atoms. The Balaban J connectivity index is 1.96. The summed E-state index contributed by atoms with van der Waals surface area (Å²) in [5, 5.41) is 15.4. The van der Waals surface area contributed by atoms with Crippen molar-refractivity contribution in [3.8, 4) is 0 Å². The second-order valence-electron chi connectivity index (χ2n) is 5.33. The van der Waals surface area contributed by atoms with Gasteiger partial charge in [0, 0.05) is 5.02 Å². The Labute approximate surface area is 141 Å². The van der Waals surface area contributed by atoms with Gasteiger partial charge in [-0.05, 0) is 23.3 Å². The molecule has 0 fully saturated rings. The summed E-state index contributed by atoms with van der Waals surface area (Å²) < 4.78 is 1.36. The molecule has 0 amide bonds. The topological polar surface area (TPSA) is 76.5 Å². The van der Waals surface area contributed by atoms with Crippen molar-refractivity contribution in [3.63, 3.8) is 0 Å². The van der Waals surface area contributed by atoms with Gasteiger partial charge in [-0.25, -0.2) is 0 Å². The van der Waals surface area contributed by atoms with Crippen molar-refractivity contribution >= 4 is 22.6 Å². The van der Waals surface area contributed by atoms with E-state index in [-0.39, 0.29) is 5.56 Å². The van der Waals surface area contributed by atoms with Crippen LogP contribution in [0.2, 0.25) is 5.02 Å². The Morgan fingerprint density at radius 3 is 2.46 bits per heavy atom. The second-order valence-corrected chi connectivity index (χ2v) is 5.77. The van der Waals surface area contributed by atoms with Gasteiger partial charge in [0.05, 0.1) is 6.20 Å². The zero-order chi connectivity index (χ0) is 16.5. The van der Waals surface area contributed by atoms with E-state index < -0.39 is 6.04 Å². The minimum atomic E-state index is -0.406. The first-order valence-electron chi connectivity index (χ1n) is 7.33. The fourth-order valence-electron chi connectivity index (χ4n) is 2.69. The number of hydrogen-bond acceptors (Lipinski definition) is 4. The van der Waals surface area contributed by atoms with Crippen molar-refractivity contribution in [2.75, 3.05) is 0 Å². The molecule has 4 aromatic rings. The highest BCUT2D eigenvalue weighted by molar-refractivity contribution is 6.30. The first-order chi connectivity index (χ1) is 11.7. The molecule has 118 valence electrons. The van der Waals surface area contributed by atoms with Crippen molar-refractivity contribution < 1.29 is 0 Å². The Bertz CT molecular complexity index is 1040. The van der Waals surface area contributed by atoms with Crippen molar-refractivity contribution in [2.45, 2.75) is 6.04 Å². The summed E-state index contributed by atoms with van der Waals surface area (Å²) in [6, 6.07) is 16.6. The minimum absolute atomic E-state index is 0.277. The summed E-state index contributed by atoms with van der Waals surface area (Å²) in [6.07, 6.45) is 1.48. The molecule has 0 radical (unpaired) electrons. The molecular formula is C17H12ClN5O. The maximum atomic E-state index is 12.8. The van der Waals surface area contributed by atoms with Crippen LogP contribution in [0.3, 0.4) is 0 Å². The maximum Gasteiger partial charge on any atom is 0.296 e. The highest BCUT2D eigenvalue weighted by Crippen LogP contribution is 2.26. The first kappa shape index (κ1) is 14.6. The quantitative estimate of drug-likeness (QED) is 0.623. The summed E-state index contributed by atoms with van der Waals surface area (Å²) in [6.45, 7) is 0. The van der Waals surface area contributed by atoms with Crippen molar-refractivity contribution in [1.82, 2.24) is 25.2 Å². The van der Waals surface area contributed by atoms with Gasteiger partial charge in [-0.1, -0.05) is 59.3 Å². The molecule has 0 saturated carbocycles. The molecule has 0 aliphatic heterocycles. The minimum Gasteiger partial charge on any atom is -0.271 e. The number of benzene rings is 2. The molecule has 1 atom stereocenters. The predicted octanol–water partition coefficient (Wildman–Crippen LogP) is 2.81. The second kappa shape index (κ2) is 5.90. The summed E-state index contributed by atoms with van der Waals surface area (Å²) in [4.78, 5) is 12.8. The number of hydrogen-bond donors (Lipinski definition) is 1. The van der Waals surface area contributed by atoms with E-state index in [0.717, 1.165) is 11.1 Å². The normalized spacial score (nSPS) is 12.4. The molecule has 1 N–H and O–H groups in total. The number of rotatable bonds is 3. The van der Waals surface area contributed by atoms with Crippen molar-refractivity contribution in [3.05, 3.63) is 87.3 Å². The van der Waals surface area contributed by atoms with Gasteiger partial charge in [-0.3, -0.25) is 9.89 Å². The summed E-state index contributed by atoms with van der Waals surface area (Å²) in [5.41, 5.74) is 2.32. The smallest absolute Gasteiger partial charge is 0.271 e. The molecule has 6 nitrogen and oxygen atoms in total. The number of fused-ring (bicyclic) bond motifs is 1. The van der Waals surface area contributed by atoms with Crippen LogP contribution in [0.25, 0.3) is 11.0 Å². The monoisotopic (exact) mass is 337 g/mol. The zero-order valence-corrected chi connectivity index (χ0v) is 13.2. The fourth-order valence-corrected chi connectivity index (χ4v) is 2.81. The Hall–Kier alpha value is -2.99. The maximum absolute atomic E-state index is 12.8. The van der Waals surface area contributed by atoms with Gasteiger partial charge < -0.3 is 0 Å². The summed E-state index contributed by atoms with van der Waals surface area (Å²) >= 11 is 5.99. The predicted molar refractivity (Wildman–Crippen MR) is 91.1 cm³/mol. The van der Waals surface area contributed by atoms with Crippen LogP contribution in [0, 0.1) is 0 Å². The number of aromatic amines is 1. The van der Waals surface area contributed by atoms with E-state index in [1.54, 1.807) is 12.1 Å². The highest BCUT2D eigenvalue weighted by Gasteiger charge is 2.21. The third-order valence-corrected chi connectivity index (χ3v) is 4.09. The van der Waals surface area contributed by atoms with Crippen LogP contribution in [0.4, 0.5) is 0 Å². The largest absolute Gasteiger partial charge is 0.296 e. The first-order valence-corrected chi connectivity index (χ1v) is 7.71. The van der Waals surface area contributed by atoms with E-state index >= 15 is 0 Å². The molecule has 0 aliphatic carbocycles. The molecule has 2 aromatic carbocycles. The van der Waals surface area contributed by atoms with Gasteiger partial charge >= 0.3 is 0 Å². The summed E-state index contributed by atoms with van der Waals surface area (Å²) in [5.74, 6) is 0. The third kappa shape index (κ3) is 2.47. The summed E-state index contributed by atoms with van der Waals surface area (Å²) in [7, 11) is 0. The van der Waals surface area contributed by atoms with E-state index in [1.807, 2.05) is 42.5 Å². The van der Waals surface area contributed by atoms with Crippen molar-refractivity contribution in [2.24, 2.45) is 0 Å². The Morgan fingerprint density at radius 2 is 1.71 bits per heavy atom. The Kier molecular flexibility index (Phi) is 3.59. The molecule has 0 saturated heterocycles. The lowest BCUT2D eigenvalue weighted by molar-refractivity contribution is 0.532. The standard InChI is InChI=1S/C17H12ClN5O/c18-13-8-6-12(7-9-13)16(11-4-2-1-3-5-11)23-17(24)15-14(20-22-23)10-19-21-15/h1-10,16H,(H,19,21)/t16-/m0/s1. The number of nitrogens with one attached hydrogen (secondary N) is 1. The fraction of sp³-hybridized carbons (Fsp3) is 0.0588. The van der Waals surface area contributed by atoms with E-state index in [0.29, 0.717) is 16.1 Å². The molecule has 7 heteroatoms. The molecule has 0 spiro atoms. The molecule has 0 unspecified atom stereocenters. The van der Waals surface area contributed by atoms with Gasteiger partial charge in [0.25, 0.3) is 5.56 Å². The van der Waals surface area contributed by atoms with Crippen LogP contribution < -0.4 is 5.56 Å². The van der Waals surface area contributed by atoms with Gasteiger partial charge in [-0.15, -0.1) is 5.10 Å². The van der Waals surface area contributed by atoms with Crippen LogP contribution in [0.1, 0.15) is 17.2 Å². The van der Waals surface area contributed by atoms with E-state index in [4.69, 9.17) is 11.6 Å². The van der Waals surface area contributed by atoms with E-state index in [1.165, 1.54) is 10.9 Å². The van der Waals surface area contributed by atoms with Crippen LogP contribution in [0.5, 0.6) is 0 Å². The van der Waals surface area contributed by atoms with Gasteiger partial charge in [0.15, 0.2) is 5.52 Å². The third-order valence-electron chi connectivity index (χ3n) is 3.84. The van der Waals surface area contributed by atoms with Gasteiger partial charge in [0.2, 0.25) is 0 Å². The van der Waals surface area contributed by atoms with E-state index in [9.17, 15) is 4.79 Å². The highest BCUT2D eigenvalue weighted by atomic mass is 35.5. The molecule has 4 rings (SSSR count). The van der Waals surface area contributed by atoms with Crippen LogP contribution in [-0.4, -0.2) is 25.2 Å². The number of halogens is 1. The SMILES string of the molecule is O=c1c2[nH]ncc2nnn1[C@@H](c1ccccc1)c1ccc(Cl)cc1. The lowest BCUT2D eigenvalue weighted by atomic mass is 9.99. The van der Waals surface area contributed by atoms with Crippen LogP contribution in [0.15, 0.2) is 65.6 Å². The van der Waals surface area contributed by atoms with E-state index in [2.05, 4.69) is 20.5 Å².